The van der Waals surface area contributed by atoms with Gasteiger partial charge in [-0.15, -0.1) is 21.9 Å². The summed E-state index contributed by atoms with van der Waals surface area (Å²) in [6.45, 7) is 3.13. The number of aromatic nitrogens is 2. The first kappa shape index (κ1) is 50.6. The first-order valence-corrected chi connectivity index (χ1v) is 18.9. The number of benzene rings is 5. The third kappa shape index (κ3) is 8.94. The molecule has 5 aromatic carbocycles. The van der Waals surface area contributed by atoms with Gasteiger partial charge in [0, 0.05) is 5.56 Å². The van der Waals surface area contributed by atoms with Crippen molar-refractivity contribution in [1.82, 2.24) is 4.98 Å². The van der Waals surface area contributed by atoms with Gasteiger partial charge in [0.15, 0.2) is 88.7 Å². The molecule has 0 unspecified atom stereocenters. The fraction of sp³-hybridized carbons (Fsp3) is 0.163. The van der Waals surface area contributed by atoms with Gasteiger partial charge in [0.2, 0.25) is 0 Å². The van der Waals surface area contributed by atoms with Gasteiger partial charge < -0.3 is 0 Å². The molecule has 6 rings (SSSR count). The zero-order valence-corrected chi connectivity index (χ0v) is 33.0. The fourth-order valence-electron chi connectivity index (χ4n) is 7.20. The molecule has 1 heterocycles. The van der Waals surface area contributed by atoms with Crippen molar-refractivity contribution in [3.8, 4) is 0 Å². The molecule has 0 amide bonds. The van der Waals surface area contributed by atoms with Crippen LogP contribution in [0.15, 0.2) is 55.0 Å². The number of nitrogens with zero attached hydrogens (tertiary/aromatic N) is 2. The lowest BCUT2D eigenvalue weighted by Gasteiger charge is -2.44. The Morgan fingerprint density at radius 3 is 1.11 bits per heavy atom. The Labute approximate surface area is 359 Å². The number of unbranched alkanes of at least 4 members (excludes halogenated alkanes) is 4. The van der Waals surface area contributed by atoms with Crippen LogP contribution in [-0.4, -0.2) is 11.1 Å². The van der Waals surface area contributed by atoms with E-state index in [1.807, 2.05) is 18.5 Å². The van der Waals surface area contributed by atoms with Crippen LogP contribution in [0.4, 0.5) is 87.8 Å². The fourth-order valence-corrected chi connectivity index (χ4v) is 7.20. The number of hydrogen-bond acceptors (Lipinski definition) is 1. The summed E-state index contributed by atoms with van der Waals surface area (Å²) in [5.74, 6) is -71.4. The highest BCUT2D eigenvalue weighted by atomic mass is 19.2. The first-order valence-electron chi connectivity index (χ1n) is 18.9. The number of halogens is 20. The zero-order chi connectivity index (χ0) is 49.1. The van der Waals surface area contributed by atoms with Crippen molar-refractivity contribution in [2.24, 2.45) is 0 Å². The van der Waals surface area contributed by atoms with Crippen molar-refractivity contribution < 1.29 is 92.4 Å². The smallest absolute Gasteiger partial charge is 0.200 e. The molecule has 0 aliphatic carbocycles. The van der Waals surface area contributed by atoms with Gasteiger partial charge in [-0.05, 0) is 18.9 Å². The highest BCUT2D eigenvalue weighted by Gasteiger charge is 2.52. The molecule has 0 radical (unpaired) electrons. The molecule has 0 saturated carbocycles. The van der Waals surface area contributed by atoms with Gasteiger partial charge in [-0.25, -0.2) is 92.8 Å². The predicted octanol–water partition coefficient (Wildman–Crippen LogP) is 10.2. The van der Waals surface area contributed by atoms with E-state index in [4.69, 9.17) is 0 Å². The van der Waals surface area contributed by atoms with Crippen LogP contribution in [0.3, 0.4) is 0 Å². The van der Waals surface area contributed by atoms with E-state index in [1.54, 1.807) is 0 Å². The summed E-state index contributed by atoms with van der Waals surface area (Å²) in [5.41, 5.74) is -12.0. The maximum Gasteiger partial charge on any atom is 0.200 e. The topological polar surface area (TPSA) is 16.8 Å². The Balaban J connectivity index is 0.000000324. The maximum atomic E-state index is 15.4. The van der Waals surface area contributed by atoms with Crippen LogP contribution in [0.5, 0.6) is 0 Å². The molecule has 0 aliphatic heterocycles. The SMILES string of the molecule is CCCCCCC=Cc1c[n+](Cc2ccccc2)ccn1.Fc1c(F)c(F)c([B-](c2c(F)c(F)c(F)c(F)c2F)(c2c(F)c(F)c(F)c(F)c2F)c2c(F)c(F)c(F)c(F)c2F)c(F)c1F. The minimum absolute atomic E-state index is 0.890. The number of rotatable bonds is 12. The lowest BCUT2D eigenvalue weighted by atomic mass is 9.12. The van der Waals surface area contributed by atoms with Crippen LogP contribution in [0.25, 0.3) is 6.08 Å². The molecule has 23 heteroatoms. The van der Waals surface area contributed by atoms with Crippen LogP contribution in [0, 0.1) is 116 Å². The molecule has 0 atom stereocenters. The number of allylic oxidation sites excluding steroid dienone is 1. The maximum absolute atomic E-state index is 15.4. The molecule has 66 heavy (non-hydrogen) atoms. The summed E-state index contributed by atoms with van der Waals surface area (Å²) < 4.78 is 296. The van der Waals surface area contributed by atoms with E-state index in [2.05, 4.69) is 59.1 Å². The minimum atomic E-state index is -7.22. The molecule has 0 aliphatic rings. The van der Waals surface area contributed by atoms with Gasteiger partial charge >= 0.3 is 0 Å². The van der Waals surface area contributed by atoms with Crippen molar-refractivity contribution in [3.05, 3.63) is 183 Å². The van der Waals surface area contributed by atoms with Crippen molar-refractivity contribution in [1.29, 1.82) is 0 Å². The molecule has 0 fully saturated rings. The largest absolute Gasteiger partial charge is 0.244 e. The zero-order valence-electron chi connectivity index (χ0n) is 33.0. The molecule has 2 nitrogen and oxygen atoms in total. The van der Waals surface area contributed by atoms with Gasteiger partial charge in [0.05, 0.1) is 6.20 Å². The highest BCUT2D eigenvalue weighted by Crippen LogP contribution is 2.31. The normalized spacial score (nSPS) is 11.7. The van der Waals surface area contributed by atoms with E-state index in [-0.39, 0.29) is 0 Å². The standard InChI is InChI=1S/C24BF20.C19H25N2/c26-5-1(6(27)14(35)21(42)13(5)34)25(2-7(28)15(36)22(43)16(37)8(2)29,3-9(30)17(38)23(44)18(39)10(3)31)4-11(32)19(40)24(45)20(41)12(4)33;1-2-3-4-5-6-10-13-19-17-21(15-14-20-19)16-18-11-8-7-9-12-18/h;7-15,17H,2-6,16H2,1H3/q-1;+1. The Hall–Kier alpha value is -6.42. The van der Waals surface area contributed by atoms with E-state index in [0.717, 1.165) is 18.7 Å². The Morgan fingerprint density at radius 2 is 0.773 bits per heavy atom. The van der Waals surface area contributed by atoms with Gasteiger partial charge in [-0.3, -0.25) is 0 Å². The molecule has 0 saturated heterocycles. The average molecular weight is 960 g/mol. The summed E-state index contributed by atoms with van der Waals surface area (Å²) in [7, 11) is 0. The van der Waals surface area contributed by atoms with Crippen LogP contribution < -0.4 is 26.4 Å². The van der Waals surface area contributed by atoms with E-state index < -0.39 is 144 Å². The quantitative estimate of drug-likeness (QED) is 0.0298. The second-order valence-electron chi connectivity index (χ2n) is 14.2. The molecular formula is C43H25BF20N2. The molecular weight excluding hydrogens is 935 g/mol. The predicted molar refractivity (Wildman–Crippen MR) is 197 cm³/mol. The third-order valence-corrected chi connectivity index (χ3v) is 10.2. The molecule has 1 aromatic heterocycles. The van der Waals surface area contributed by atoms with Crippen LogP contribution >= 0.6 is 0 Å². The van der Waals surface area contributed by atoms with Crippen LogP contribution in [-0.2, 0) is 6.54 Å². The van der Waals surface area contributed by atoms with Crippen molar-refractivity contribution >= 4 is 34.1 Å². The summed E-state index contributed by atoms with van der Waals surface area (Å²) >= 11 is 0. The minimum Gasteiger partial charge on any atom is -0.244 e. The summed E-state index contributed by atoms with van der Waals surface area (Å²) in [6.07, 6.45) is 9.55. The lowest BCUT2D eigenvalue weighted by Crippen LogP contribution is -2.81. The monoisotopic (exact) mass is 960 g/mol. The first-order chi connectivity index (χ1) is 31.1. The molecule has 0 bridgehead atoms. The van der Waals surface area contributed by atoms with E-state index in [0.29, 0.717) is 0 Å². The second kappa shape index (κ2) is 20.4. The second-order valence-corrected chi connectivity index (χ2v) is 14.2. The molecule has 6 aromatic rings. The van der Waals surface area contributed by atoms with E-state index in [1.165, 1.54) is 31.2 Å². The number of hydrogen-bond donors (Lipinski definition) is 0. The Bertz CT molecular complexity index is 2460. The highest BCUT2D eigenvalue weighted by molar-refractivity contribution is 7.20. The van der Waals surface area contributed by atoms with Gasteiger partial charge in [0.1, 0.15) is 58.4 Å². The molecule has 350 valence electrons. The Morgan fingerprint density at radius 1 is 0.439 bits per heavy atom. The summed E-state index contributed by atoms with van der Waals surface area (Å²) in [5, 5.41) is 0. The third-order valence-electron chi connectivity index (χ3n) is 10.2. The van der Waals surface area contributed by atoms with Crippen molar-refractivity contribution in [2.75, 3.05) is 0 Å². The van der Waals surface area contributed by atoms with E-state index in [9.17, 15) is 52.7 Å². The van der Waals surface area contributed by atoms with Crippen molar-refractivity contribution in [2.45, 2.75) is 45.6 Å². The molecule has 0 spiro atoms. The summed E-state index contributed by atoms with van der Waals surface area (Å²) in [6, 6.07) is 10.5. The van der Waals surface area contributed by atoms with E-state index >= 15 is 35.1 Å². The van der Waals surface area contributed by atoms with Crippen molar-refractivity contribution in [3.63, 3.8) is 0 Å². The lowest BCUT2D eigenvalue weighted by molar-refractivity contribution is -0.689. The van der Waals surface area contributed by atoms with Gasteiger partial charge in [0.25, 0.3) is 0 Å². The van der Waals surface area contributed by atoms with Crippen LogP contribution in [0.2, 0.25) is 0 Å². The van der Waals surface area contributed by atoms with Crippen LogP contribution in [0.1, 0.15) is 50.3 Å². The van der Waals surface area contributed by atoms with Gasteiger partial charge in [-0.2, -0.15) is 4.57 Å². The van der Waals surface area contributed by atoms with Gasteiger partial charge in [-0.1, -0.05) is 62.6 Å². The molecule has 0 N–H and O–H groups in total. The Kier molecular flexibility index (Phi) is 15.6. The average Bonchev–Trinajstić information content (AvgIpc) is 3.30. The summed E-state index contributed by atoms with van der Waals surface area (Å²) in [4.78, 5) is 4.41.